The second-order valence-corrected chi connectivity index (χ2v) is 5.47. The van der Waals surface area contributed by atoms with Gasteiger partial charge in [-0.05, 0) is 39.3 Å². The molecule has 1 saturated heterocycles. The van der Waals surface area contributed by atoms with Crippen LogP contribution in [0.25, 0.3) is 0 Å². The first-order chi connectivity index (χ1) is 8.97. The number of nitrogens with two attached hydrogens (primary N) is 1. The van der Waals surface area contributed by atoms with Crippen molar-refractivity contribution in [3.8, 4) is 5.88 Å². The minimum Gasteiger partial charge on any atom is -0.473 e. The molecule has 2 atom stereocenters. The van der Waals surface area contributed by atoms with Gasteiger partial charge in [0, 0.05) is 19.0 Å². The highest BCUT2D eigenvalue weighted by Gasteiger charge is 2.27. The van der Waals surface area contributed by atoms with E-state index in [9.17, 15) is 5.11 Å². The van der Waals surface area contributed by atoms with Gasteiger partial charge in [-0.25, -0.2) is 0 Å². The zero-order valence-corrected chi connectivity index (χ0v) is 11.8. The summed E-state index contributed by atoms with van der Waals surface area (Å²) in [6.45, 7) is 7.49. The van der Waals surface area contributed by atoms with Gasteiger partial charge in [-0.3, -0.25) is 0 Å². The molecule has 0 radical (unpaired) electrons. The molecule has 0 spiro atoms. The normalized spacial score (nSPS) is 20.9. The van der Waals surface area contributed by atoms with Crippen LogP contribution in [0.2, 0.25) is 0 Å². The van der Waals surface area contributed by atoms with Crippen LogP contribution in [0.3, 0.4) is 0 Å². The van der Waals surface area contributed by atoms with E-state index in [1.807, 2.05) is 32.9 Å². The number of ether oxygens (including phenoxy) is 1. The zero-order valence-electron chi connectivity index (χ0n) is 11.8. The largest absolute Gasteiger partial charge is 0.473 e. The molecule has 5 nitrogen and oxygen atoms in total. The summed E-state index contributed by atoms with van der Waals surface area (Å²) >= 11 is 0. The summed E-state index contributed by atoms with van der Waals surface area (Å²) in [5.41, 5.74) is 6.42. The van der Waals surface area contributed by atoms with Gasteiger partial charge in [-0.15, -0.1) is 0 Å². The minimum atomic E-state index is -0.273. The van der Waals surface area contributed by atoms with Crippen LogP contribution in [0, 0.1) is 5.92 Å². The van der Waals surface area contributed by atoms with Crippen LogP contribution in [-0.4, -0.2) is 35.4 Å². The van der Waals surface area contributed by atoms with Gasteiger partial charge in [-0.2, -0.15) is 4.98 Å². The van der Waals surface area contributed by atoms with Crippen LogP contribution >= 0.6 is 0 Å². The van der Waals surface area contributed by atoms with Gasteiger partial charge in [0.05, 0.1) is 17.9 Å². The molecule has 0 aliphatic carbocycles. The lowest BCUT2D eigenvalue weighted by molar-refractivity contribution is 0.136. The lowest BCUT2D eigenvalue weighted by atomic mass is 10.0. The molecule has 5 heteroatoms. The van der Waals surface area contributed by atoms with Crippen molar-refractivity contribution in [3.63, 3.8) is 0 Å². The maximum absolute atomic E-state index is 9.64. The number of pyridine rings is 1. The Morgan fingerprint density at radius 2 is 2.16 bits per heavy atom. The molecule has 3 N–H and O–H groups in total. The molecule has 1 fully saturated rings. The first-order valence-electron chi connectivity index (χ1n) is 6.83. The van der Waals surface area contributed by atoms with Crippen LogP contribution in [0.4, 0.5) is 11.5 Å². The van der Waals surface area contributed by atoms with Crippen molar-refractivity contribution < 1.29 is 9.84 Å². The summed E-state index contributed by atoms with van der Waals surface area (Å²) in [6, 6.07) is 3.74. The Bertz CT molecular complexity index is 435. The molecule has 19 heavy (non-hydrogen) atoms. The number of anilines is 2. The van der Waals surface area contributed by atoms with Crippen molar-refractivity contribution in [1.29, 1.82) is 0 Å². The monoisotopic (exact) mass is 265 g/mol. The fourth-order valence-corrected chi connectivity index (χ4v) is 2.32. The maximum Gasteiger partial charge on any atom is 0.239 e. The average Bonchev–Trinajstić information content (AvgIpc) is 2.81. The van der Waals surface area contributed by atoms with Crippen LogP contribution in [0.1, 0.15) is 27.2 Å². The smallest absolute Gasteiger partial charge is 0.239 e. The standard InChI is InChI=1S/C14H23N3O2/c1-9(2)19-14-12(15)4-5-13(16-14)17-7-6-11(8-17)10(3)18/h4-5,9-11,18H,6-8,15H2,1-3H3. The highest BCUT2D eigenvalue weighted by Crippen LogP contribution is 2.28. The van der Waals surface area contributed by atoms with E-state index in [2.05, 4.69) is 9.88 Å². The number of aromatic nitrogens is 1. The Hall–Kier alpha value is -1.49. The minimum absolute atomic E-state index is 0.0499. The summed E-state index contributed by atoms with van der Waals surface area (Å²) in [5.74, 6) is 1.68. The number of nitrogens with zero attached hydrogens (tertiary/aromatic N) is 2. The third-order valence-corrected chi connectivity index (χ3v) is 3.45. The molecular formula is C14H23N3O2. The molecule has 0 amide bonds. The molecular weight excluding hydrogens is 242 g/mol. The van der Waals surface area contributed by atoms with Gasteiger partial charge in [0.15, 0.2) is 0 Å². The van der Waals surface area contributed by atoms with Crippen LogP contribution in [0.15, 0.2) is 12.1 Å². The third-order valence-electron chi connectivity index (χ3n) is 3.45. The van der Waals surface area contributed by atoms with Crippen molar-refractivity contribution in [3.05, 3.63) is 12.1 Å². The highest BCUT2D eigenvalue weighted by atomic mass is 16.5. The van der Waals surface area contributed by atoms with E-state index >= 15 is 0 Å². The van der Waals surface area contributed by atoms with Crippen molar-refractivity contribution in [1.82, 2.24) is 4.98 Å². The van der Waals surface area contributed by atoms with E-state index in [4.69, 9.17) is 10.5 Å². The van der Waals surface area contributed by atoms with Crippen LogP contribution in [0.5, 0.6) is 5.88 Å². The second kappa shape index (κ2) is 5.65. The number of hydrogen-bond acceptors (Lipinski definition) is 5. The molecule has 1 aliphatic rings. The van der Waals surface area contributed by atoms with E-state index in [0.29, 0.717) is 17.5 Å². The van der Waals surface area contributed by atoms with E-state index in [1.165, 1.54) is 0 Å². The van der Waals surface area contributed by atoms with Crippen molar-refractivity contribution in [2.45, 2.75) is 39.4 Å². The lowest BCUT2D eigenvalue weighted by Crippen LogP contribution is -2.24. The maximum atomic E-state index is 9.64. The van der Waals surface area contributed by atoms with Crippen molar-refractivity contribution >= 4 is 11.5 Å². The Kier molecular flexibility index (Phi) is 4.14. The molecule has 2 rings (SSSR count). The van der Waals surface area contributed by atoms with Gasteiger partial charge < -0.3 is 20.5 Å². The number of hydrogen-bond donors (Lipinski definition) is 2. The molecule has 106 valence electrons. The van der Waals surface area contributed by atoms with Gasteiger partial charge in [0.2, 0.25) is 5.88 Å². The topological polar surface area (TPSA) is 71.6 Å². The first kappa shape index (κ1) is 13.9. The number of nitrogen functional groups attached to an aromatic ring is 1. The van der Waals surface area contributed by atoms with Crippen molar-refractivity contribution in [2.75, 3.05) is 23.7 Å². The fourth-order valence-electron chi connectivity index (χ4n) is 2.32. The quantitative estimate of drug-likeness (QED) is 0.866. The molecule has 1 aromatic heterocycles. The highest BCUT2D eigenvalue weighted by molar-refractivity contribution is 5.55. The Balaban J connectivity index is 2.13. The molecule has 2 heterocycles. The Morgan fingerprint density at radius 1 is 1.42 bits per heavy atom. The Morgan fingerprint density at radius 3 is 2.74 bits per heavy atom. The molecule has 1 aliphatic heterocycles. The molecule has 0 saturated carbocycles. The van der Waals surface area contributed by atoms with E-state index < -0.39 is 0 Å². The van der Waals surface area contributed by atoms with Gasteiger partial charge in [0.25, 0.3) is 0 Å². The van der Waals surface area contributed by atoms with Crippen LogP contribution < -0.4 is 15.4 Å². The molecule has 2 unspecified atom stereocenters. The molecule has 1 aromatic rings. The first-order valence-corrected chi connectivity index (χ1v) is 6.83. The average molecular weight is 265 g/mol. The second-order valence-electron chi connectivity index (χ2n) is 5.47. The number of aliphatic hydroxyl groups is 1. The molecule has 0 bridgehead atoms. The summed E-state index contributed by atoms with van der Waals surface area (Å²) in [4.78, 5) is 6.66. The fraction of sp³-hybridized carbons (Fsp3) is 0.643. The summed E-state index contributed by atoms with van der Waals surface area (Å²) < 4.78 is 5.61. The predicted molar refractivity (Wildman–Crippen MR) is 76.4 cm³/mol. The summed E-state index contributed by atoms with van der Waals surface area (Å²) in [5, 5.41) is 9.64. The number of aliphatic hydroxyl groups excluding tert-OH is 1. The van der Waals surface area contributed by atoms with Gasteiger partial charge in [-0.1, -0.05) is 0 Å². The van der Waals surface area contributed by atoms with Gasteiger partial charge in [0.1, 0.15) is 5.82 Å². The van der Waals surface area contributed by atoms with Gasteiger partial charge >= 0.3 is 0 Å². The summed E-state index contributed by atoms with van der Waals surface area (Å²) in [6.07, 6.45) is 0.767. The predicted octanol–water partition coefficient (Wildman–Crippen LogP) is 1.66. The van der Waals surface area contributed by atoms with E-state index in [1.54, 1.807) is 0 Å². The zero-order chi connectivity index (χ0) is 14.0. The molecule has 0 aromatic carbocycles. The van der Waals surface area contributed by atoms with E-state index in [0.717, 1.165) is 25.3 Å². The SMILES string of the molecule is CC(C)Oc1nc(N2CCC(C(C)O)C2)ccc1N. The van der Waals surface area contributed by atoms with E-state index in [-0.39, 0.29) is 12.2 Å². The van der Waals surface area contributed by atoms with Crippen LogP contribution in [-0.2, 0) is 0 Å². The van der Waals surface area contributed by atoms with Crippen molar-refractivity contribution in [2.24, 2.45) is 5.92 Å². The summed E-state index contributed by atoms with van der Waals surface area (Å²) in [7, 11) is 0. The lowest BCUT2D eigenvalue weighted by Gasteiger charge is -2.20. The Labute approximate surface area is 114 Å². The third kappa shape index (κ3) is 3.29. The number of rotatable bonds is 4.